The molecule has 0 aliphatic heterocycles. The van der Waals surface area contributed by atoms with Crippen LogP contribution in [0.25, 0.3) is 0 Å². The number of ether oxygens (including phenoxy) is 1. The van der Waals surface area contributed by atoms with Crippen molar-refractivity contribution in [3.8, 4) is 5.75 Å². The molecule has 3 N–H and O–H groups in total. The summed E-state index contributed by atoms with van der Waals surface area (Å²) in [5, 5.41) is 2.84. The summed E-state index contributed by atoms with van der Waals surface area (Å²) in [6.45, 7) is 4.44. The minimum Gasteiger partial charge on any atom is -0.494 e. The fourth-order valence-electron chi connectivity index (χ4n) is 2.03. The lowest BCUT2D eigenvalue weighted by molar-refractivity contribution is -0.120. The Kier molecular flexibility index (Phi) is 7.07. The van der Waals surface area contributed by atoms with Gasteiger partial charge in [0.15, 0.2) is 0 Å². The first-order chi connectivity index (χ1) is 10.5. The molecule has 124 valence electrons. The second kappa shape index (κ2) is 8.56. The van der Waals surface area contributed by atoms with Crippen LogP contribution in [0.3, 0.4) is 0 Å². The first-order valence-corrected chi connectivity index (χ1v) is 7.42. The van der Waals surface area contributed by atoms with Crippen molar-refractivity contribution in [2.75, 3.05) is 11.9 Å². The lowest BCUT2D eigenvalue weighted by Gasteiger charge is -2.24. The van der Waals surface area contributed by atoms with Gasteiger partial charge in [0.25, 0.3) is 0 Å². The van der Waals surface area contributed by atoms with Gasteiger partial charge in [0.2, 0.25) is 5.91 Å². The second-order valence-corrected chi connectivity index (χ2v) is 5.40. The van der Waals surface area contributed by atoms with Crippen LogP contribution in [0.1, 0.15) is 25.8 Å². The van der Waals surface area contributed by atoms with E-state index in [-0.39, 0.29) is 18.3 Å². The van der Waals surface area contributed by atoms with Crippen molar-refractivity contribution in [2.24, 2.45) is 5.73 Å². The maximum atomic E-state index is 12.4. The summed E-state index contributed by atoms with van der Waals surface area (Å²) in [6, 6.07) is 16.6. The number of benzene rings is 2. The van der Waals surface area contributed by atoms with Gasteiger partial charge in [-0.1, -0.05) is 37.3 Å². The van der Waals surface area contributed by atoms with Crippen molar-refractivity contribution in [2.45, 2.75) is 25.8 Å². The predicted octanol–water partition coefficient (Wildman–Crippen LogP) is 3.71. The van der Waals surface area contributed by atoms with Gasteiger partial charge in [-0.15, -0.1) is 12.4 Å². The predicted molar refractivity (Wildman–Crippen MR) is 96.1 cm³/mol. The second-order valence-electron chi connectivity index (χ2n) is 5.40. The number of carbonyl (C=O) groups is 1. The molecular weight excluding hydrogens is 312 g/mol. The van der Waals surface area contributed by atoms with Gasteiger partial charge in [0.1, 0.15) is 11.3 Å². The van der Waals surface area contributed by atoms with E-state index in [1.807, 2.05) is 54.6 Å². The van der Waals surface area contributed by atoms with E-state index in [1.165, 1.54) is 0 Å². The first kappa shape index (κ1) is 19.0. The molecule has 4 nitrogen and oxygen atoms in total. The van der Waals surface area contributed by atoms with Crippen molar-refractivity contribution < 1.29 is 9.53 Å². The smallest absolute Gasteiger partial charge is 0.248 e. The van der Waals surface area contributed by atoms with Crippen LogP contribution in [0.5, 0.6) is 5.75 Å². The molecule has 0 saturated carbocycles. The molecule has 1 atom stereocenters. The minimum absolute atomic E-state index is 0. The van der Waals surface area contributed by atoms with Gasteiger partial charge in [0.05, 0.1) is 6.61 Å². The molecule has 0 fully saturated rings. The van der Waals surface area contributed by atoms with Crippen LogP contribution in [0.2, 0.25) is 0 Å². The van der Waals surface area contributed by atoms with Crippen LogP contribution in [0, 0.1) is 0 Å². The molecule has 5 heteroatoms. The lowest BCUT2D eigenvalue weighted by atomic mass is 9.92. The summed E-state index contributed by atoms with van der Waals surface area (Å²) in [7, 11) is 0. The first-order valence-electron chi connectivity index (χ1n) is 7.42. The highest BCUT2D eigenvalue weighted by atomic mass is 35.5. The fraction of sp³-hybridized carbons (Fsp3) is 0.278. The molecule has 1 amide bonds. The van der Waals surface area contributed by atoms with Gasteiger partial charge in [-0.2, -0.15) is 0 Å². The number of hydrogen-bond acceptors (Lipinski definition) is 3. The molecule has 0 aromatic heterocycles. The summed E-state index contributed by atoms with van der Waals surface area (Å²) < 4.78 is 5.51. The van der Waals surface area contributed by atoms with Crippen LogP contribution >= 0.6 is 12.4 Å². The topological polar surface area (TPSA) is 64.3 Å². The van der Waals surface area contributed by atoms with Gasteiger partial charge < -0.3 is 15.8 Å². The van der Waals surface area contributed by atoms with Crippen molar-refractivity contribution in [3.63, 3.8) is 0 Å². The Morgan fingerprint density at radius 1 is 1.13 bits per heavy atom. The summed E-state index contributed by atoms with van der Waals surface area (Å²) in [4.78, 5) is 12.4. The van der Waals surface area contributed by atoms with Gasteiger partial charge >= 0.3 is 0 Å². The van der Waals surface area contributed by atoms with E-state index in [9.17, 15) is 4.79 Å². The number of nitrogens with two attached hydrogens (primary N) is 1. The maximum absolute atomic E-state index is 12.4. The standard InChI is InChI=1S/C18H22N2O2.ClH/c1-3-13-22-16-11-9-15(10-12-16)20-17(21)18(2,19)14-7-5-4-6-8-14;/h4-12H,3,13,19H2,1-2H3,(H,20,21);1H. The van der Waals surface area contributed by atoms with Gasteiger partial charge in [-0.3, -0.25) is 4.79 Å². The van der Waals surface area contributed by atoms with Crippen molar-refractivity contribution in [3.05, 3.63) is 60.2 Å². The summed E-state index contributed by atoms with van der Waals surface area (Å²) >= 11 is 0. The minimum atomic E-state index is -1.08. The number of nitrogens with one attached hydrogen (secondary N) is 1. The van der Waals surface area contributed by atoms with Crippen molar-refractivity contribution in [1.82, 2.24) is 0 Å². The highest BCUT2D eigenvalue weighted by Crippen LogP contribution is 2.21. The van der Waals surface area contributed by atoms with Gasteiger partial charge in [-0.05, 0) is 43.2 Å². The maximum Gasteiger partial charge on any atom is 0.248 e. The Balaban J connectivity index is 0.00000264. The molecule has 0 spiro atoms. The van der Waals surface area contributed by atoms with E-state index in [0.717, 1.165) is 17.7 Å². The molecule has 0 radical (unpaired) electrons. The van der Waals surface area contributed by atoms with Crippen LogP contribution in [-0.4, -0.2) is 12.5 Å². The van der Waals surface area contributed by atoms with Crippen LogP contribution < -0.4 is 15.8 Å². The zero-order valence-corrected chi connectivity index (χ0v) is 14.2. The average molecular weight is 335 g/mol. The van der Waals surface area contributed by atoms with Crippen molar-refractivity contribution in [1.29, 1.82) is 0 Å². The third kappa shape index (κ3) is 4.98. The van der Waals surface area contributed by atoms with Gasteiger partial charge in [0, 0.05) is 5.69 Å². The fourth-order valence-corrected chi connectivity index (χ4v) is 2.03. The van der Waals surface area contributed by atoms with Crippen LogP contribution in [-0.2, 0) is 10.3 Å². The highest BCUT2D eigenvalue weighted by molar-refractivity contribution is 5.98. The zero-order valence-electron chi connectivity index (χ0n) is 13.4. The summed E-state index contributed by atoms with van der Waals surface area (Å²) in [5.41, 5.74) is 6.57. The third-order valence-electron chi connectivity index (χ3n) is 3.43. The molecule has 1 unspecified atom stereocenters. The monoisotopic (exact) mass is 334 g/mol. The van der Waals surface area contributed by atoms with E-state index >= 15 is 0 Å². The van der Waals surface area contributed by atoms with Crippen LogP contribution in [0.15, 0.2) is 54.6 Å². The molecule has 0 aliphatic rings. The quantitative estimate of drug-likeness (QED) is 0.846. The number of anilines is 1. The Hall–Kier alpha value is -2.04. The molecule has 2 rings (SSSR count). The molecule has 2 aromatic rings. The normalized spacial score (nSPS) is 12.7. The molecule has 23 heavy (non-hydrogen) atoms. The number of carbonyl (C=O) groups excluding carboxylic acids is 1. The van der Waals surface area contributed by atoms with Gasteiger partial charge in [-0.25, -0.2) is 0 Å². The van der Waals surface area contributed by atoms with E-state index in [4.69, 9.17) is 10.5 Å². The SMILES string of the molecule is CCCOc1ccc(NC(=O)C(C)(N)c2ccccc2)cc1.Cl. The Bertz CT molecular complexity index is 613. The number of amides is 1. The molecule has 0 heterocycles. The summed E-state index contributed by atoms with van der Waals surface area (Å²) in [5.74, 6) is 0.541. The molecule has 0 aliphatic carbocycles. The average Bonchev–Trinajstić information content (AvgIpc) is 2.55. The summed E-state index contributed by atoms with van der Waals surface area (Å²) in [6.07, 6.45) is 0.959. The van der Waals surface area contributed by atoms with Crippen molar-refractivity contribution >= 4 is 24.0 Å². The largest absolute Gasteiger partial charge is 0.494 e. The number of halogens is 1. The highest BCUT2D eigenvalue weighted by Gasteiger charge is 2.30. The van der Waals surface area contributed by atoms with E-state index in [1.54, 1.807) is 6.92 Å². The van der Waals surface area contributed by atoms with E-state index in [2.05, 4.69) is 12.2 Å². The Morgan fingerprint density at radius 2 is 1.74 bits per heavy atom. The third-order valence-corrected chi connectivity index (χ3v) is 3.43. The van der Waals surface area contributed by atoms with E-state index < -0.39 is 5.54 Å². The van der Waals surface area contributed by atoms with E-state index in [0.29, 0.717) is 12.3 Å². The Labute approximate surface area is 143 Å². The molecule has 0 bridgehead atoms. The zero-order chi connectivity index (χ0) is 16.0. The molecular formula is C18H23ClN2O2. The lowest BCUT2D eigenvalue weighted by Crippen LogP contribution is -2.45. The Morgan fingerprint density at radius 3 is 2.30 bits per heavy atom. The number of rotatable bonds is 6. The number of hydrogen-bond donors (Lipinski definition) is 2. The van der Waals surface area contributed by atoms with Crippen LogP contribution in [0.4, 0.5) is 5.69 Å². The molecule has 0 saturated heterocycles. The molecule has 2 aromatic carbocycles.